The molecule has 86 valence electrons. The molecule has 1 aromatic carbocycles. The minimum absolute atomic E-state index is 0.0166. The summed E-state index contributed by atoms with van der Waals surface area (Å²) in [5, 5.41) is 19.1. The Hall–Kier alpha value is -1.22. The molecule has 0 radical (unpaired) electrons. The van der Waals surface area contributed by atoms with Crippen LogP contribution in [-0.2, 0) is 11.2 Å². The first-order valence-electron chi connectivity index (χ1n) is 4.33. The van der Waals surface area contributed by atoms with Crippen molar-refractivity contribution >= 4 is 34.2 Å². The van der Waals surface area contributed by atoms with Gasteiger partial charge in [-0.2, -0.15) is 0 Å². The Morgan fingerprint density at radius 2 is 2.25 bits per heavy atom. The van der Waals surface area contributed by atoms with Gasteiger partial charge in [0.2, 0.25) is 0 Å². The highest BCUT2D eigenvalue weighted by Gasteiger charge is 2.15. The van der Waals surface area contributed by atoms with Crippen LogP contribution in [0.15, 0.2) is 18.2 Å². The lowest BCUT2D eigenvalue weighted by molar-refractivity contribution is -0.385. The Morgan fingerprint density at radius 3 is 2.69 bits per heavy atom. The van der Waals surface area contributed by atoms with Crippen LogP contribution in [0.2, 0.25) is 0 Å². The molecule has 16 heavy (non-hydrogen) atoms. The first kappa shape index (κ1) is 12.8. The molecular formula is C9H9IN2O4. The van der Waals surface area contributed by atoms with Gasteiger partial charge in [0, 0.05) is 15.7 Å². The number of aliphatic carboxylic acids is 1. The van der Waals surface area contributed by atoms with Gasteiger partial charge in [-0.25, -0.2) is 0 Å². The minimum atomic E-state index is -1.09. The Kier molecular flexibility index (Phi) is 4.19. The van der Waals surface area contributed by atoms with Crippen LogP contribution in [-0.4, -0.2) is 22.0 Å². The number of nitro benzene ring substituents is 1. The van der Waals surface area contributed by atoms with Crippen LogP contribution in [0.3, 0.4) is 0 Å². The number of carboxylic acids is 1. The van der Waals surface area contributed by atoms with Crippen LogP contribution in [0.5, 0.6) is 0 Å². The molecule has 7 heteroatoms. The van der Waals surface area contributed by atoms with Crippen LogP contribution >= 0.6 is 22.6 Å². The highest BCUT2D eigenvalue weighted by atomic mass is 127. The van der Waals surface area contributed by atoms with E-state index in [-0.39, 0.29) is 12.1 Å². The third-order valence-corrected chi connectivity index (χ3v) is 3.01. The van der Waals surface area contributed by atoms with Gasteiger partial charge in [0.25, 0.3) is 5.69 Å². The fourth-order valence-corrected chi connectivity index (χ4v) is 1.86. The first-order chi connectivity index (χ1) is 7.41. The van der Waals surface area contributed by atoms with Crippen LogP contribution in [0.1, 0.15) is 5.56 Å². The fourth-order valence-electron chi connectivity index (χ4n) is 1.14. The fraction of sp³-hybridized carbons (Fsp3) is 0.222. The average Bonchev–Trinajstić information content (AvgIpc) is 2.20. The lowest BCUT2D eigenvalue weighted by Crippen LogP contribution is -2.32. The zero-order valence-electron chi connectivity index (χ0n) is 8.09. The first-order valence-corrected chi connectivity index (χ1v) is 5.41. The molecule has 0 unspecified atom stereocenters. The Morgan fingerprint density at radius 1 is 1.62 bits per heavy atom. The van der Waals surface area contributed by atoms with Crippen molar-refractivity contribution in [1.29, 1.82) is 0 Å². The number of hydrogen-bond donors (Lipinski definition) is 2. The molecular weight excluding hydrogens is 327 g/mol. The van der Waals surface area contributed by atoms with E-state index in [0.717, 1.165) is 0 Å². The average molecular weight is 336 g/mol. The van der Waals surface area contributed by atoms with Gasteiger partial charge >= 0.3 is 5.97 Å². The molecule has 0 aliphatic rings. The smallest absolute Gasteiger partial charge is 0.320 e. The monoisotopic (exact) mass is 336 g/mol. The van der Waals surface area contributed by atoms with Crippen molar-refractivity contribution in [2.24, 2.45) is 5.73 Å². The van der Waals surface area contributed by atoms with Gasteiger partial charge in [-0.15, -0.1) is 0 Å². The molecule has 0 heterocycles. The second kappa shape index (κ2) is 5.21. The number of benzene rings is 1. The van der Waals surface area contributed by atoms with Crippen molar-refractivity contribution in [1.82, 2.24) is 0 Å². The maximum absolute atomic E-state index is 10.6. The lowest BCUT2D eigenvalue weighted by atomic mass is 10.1. The van der Waals surface area contributed by atoms with E-state index in [0.29, 0.717) is 9.13 Å². The highest BCUT2D eigenvalue weighted by Crippen LogP contribution is 2.20. The number of halogens is 1. The van der Waals surface area contributed by atoms with Crippen molar-refractivity contribution in [3.8, 4) is 0 Å². The van der Waals surface area contributed by atoms with Crippen LogP contribution in [0, 0.1) is 13.7 Å². The standard InChI is InChI=1S/C9H9IN2O4/c10-7-4-6(12(15)16)2-1-5(7)3-8(11)9(13)14/h1-2,4,8H,3,11H2,(H,13,14)/t8-/m0/s1. The van der Waals surface area contributed by atoms with Crippen LogP contribution in [0.25, 0.3) is 0 Å². The molecule has 1 rings (SSSR count). The van der Waals surface area contributed by atoms with Gasteiger partial charge in [0.05, 0.1) is 4.92 Å². The van der Waals surface area contributed by atoms with Gasteiger partial charge in [-0.05, 0) is 34.6 Å². The SMILES string of the molecule is N[C@@H](Cc1ccc([N+](=O)[O-])cc1I)C(=O)O. The zero-order chi connectivity index (χ0) is 12.3. The van der Waals surface area contributed by atoms with Gasteiger partial charge in [0.15, 0.2) is 0 Å². The molecule has 0 aromatic heterocycles. The van der Waals surface area contributed by atoms with Gasteiger partial charge in [-0.3, -0.25) is 14.9 Å². The zero-order valence-corrected chi connectivity index (χ0v) is 10.2. The maximum atomic E-state index is 10.6. The van der Waals surface area contributed by atoms with E-state index in [9.17, 15) is 14.9 Å². The molecule has 1 aromatic rings. The molecule has 6 nitrogen and oxygen atoms in total. The van der Waals surface area contributed by atoms with E-state index in [4.69, 9.17) is 10.8 Å². The molecule has 0 amide bonds. The second-order valence-electron chi connectivity index (χ2n) is 3.18. The Bertz CT molecular complexity index is 436. The van der Waals surface area contributed by atoms with Crippen molar-refractivity contribution in [2.75, 3.05) is 0 Å². The number of carboxylic acid groups (broad SMARTS) is 1. The molecule has 0 bridgehead atoms. The summed E-state index contributed by atoms with van der Waals surface area (Å²) in [5.41, 5.74) is 6.06. The summed E-state index contributed by atoms with van der Waals surface area (Å²) in [6, 6.07) is 3.27. The molecule has 0 aliphatic carbocycles. The van der Waals surface area contributed by atoms with Gasteiger partial charge in [-0.1, -0.05) is 6.07 Å². The minimum Gasteiger partial charge on any atom is -0.480 e. The normalized spacial score (nSPS) is 12.1. The third-order valence-electron chi connectivity index (χ3n) is 2.00. The van der Waals surface area contributed by atoms with E-state index in [1.807, 2.05) is 22.6 Å². The summed E-state index contributed by atoms with van der Waals surface area (Å²) >= 11 is 1.92. The number of nitrogens with zero attached hydrogens (tertiary/aromatic N) is 1. The third kappa shape index (κ3) is 3.14. The molecule has 0 saturated carbocycles. The van der Waals surface area contributed by atoms with E-state index >= 15 is 0 Å². The lowest BCUT2D eigenvalue weighted by Gasteiger charge is -2.07. The van der Waals surface area contributed by atoms with E-state index in [1.165, 1.54) is 18.2 Å². The topological polar surface area (TPSA) is 106 Å². The summed E-state index contributed by atoms with van der Waals surface area (Å²) in [5.74, 6) is -1.09. The number of carbonyl (C=O) groups is 1. The summed E-state index contributed by atoms with van der Waals surface area (Å²) in [7, 11) is 0. The van der Waals surface area contributed by atoms with E-state index in [1.54, 1.807) is 0 Å². The number of nitro groups is 1. The largest absolute Gasteiger partial charge is 0.480 e. The molecule has 3 N–H and O–H groups in total. The summed E-state index contributed by atoms with van der Waals surface area (Å²) in [6.07, 6.45) is 0.158. The van der Waals surface area contributed by atoms with Crippen LogP contribution in [0.4, 0.5) is 5.69 Å². The predicted molar refractivity (Wildman–Crippen MR) is 65.1 cm³/mol. The van der Waals surface area contributed by atoms with E-state index < -0.39 is 16.9 Å². The van der Waals surface area contributed by atoms with Crippen molar-refractivity contribution < 1.29 is 14.8 Å². The molecule has 0 fully saturated rings. The molecule has 1 atom stereocenters. The highest BCUT2D eigenvalue weighted by molar-refractivity contribution is 14.1. The van der Waals surface area contributed by atoms with Crippen molar-refractivity contribution in [2.45, 2.75) is 12.5 Å². The summed E-state index contributed by atoms with van der Waals surface area (Å²) in [4.78, 5) is 20.5. The molecule has 0 saturated heterocycles. The van der Waals surface area contributed by atoms with Gasteiger partial charge in [0.1, 0.15) is 6.04 Å². The predicted octanol–water partition coefficient (Wildman–Crippen LogP) is 1.15. The maximum Gasteiger partial charge on any atom is 0.320 e. The second-order valence-corrected chi connectivity index (χ2v) is 4.34. The summed E-state index contributed by atoms with van der Waals surface area (Å²) < 4.78 is 0.642. The molecule has 0 aliphatic heterocycles. The number of rotatable bonds is 4. The number of hydrogen-bond acceptors (Lipinski definition) is 4. The van der Waals surface area contributed by atoms with E-state index in [2.05, 4.69) is 0 Å². The molecule has 0 spiro atoms. The summed E-state index contributed by atoms with van der Waals surface area (Å²) in [6.45, 7) is 0. The van der Waals surface area contributed by atoms with Crippen LogP contribution < -0.4 is 5.73 Å². The number of nitrogens with two attached hydrogens (primary N) is 1. The quantitative estimate of drug-likeness (QED) is 0.487. The Labute approximate surface area is 105 Å². The van der Waals surface area contributed by atoms with Gasteiger partial charge < -0.3 is 10.8 Å². The van der Waals surface area contributed by atoms with Crippen molar-refractivity contribution in [3.63, 3.8) is 0 Å². The Balaban J connectivity index is 2.91. The van der Waals surface area contributed by atoms with Crippen molar-refractivity contribution in [3.05, 3.63) is 37.4 Å². The number of non-ortho nitro benzene ring substituents is 1.